The number of hydrogen-bond donors (Lipinski definition) is 1. The predicted molar refractivity (Wildman–Crippen MR) is 64.6 cm³/mol. The molecule has 0 amide bonds. The standard InChI is InChI=1S/C13H17F3N2O/c1-8-4-6-19-12(8)11(17-2)9-7-18-5-3-10(9)13(14,15)16/h3,5,7-8,11-12,17H,4,6H2,1-2H3. The molecule has 1 aliphatic heterocycles. The van der Waals surface area contributed by atoms with Crippen molar-refractivity contribution in [1.29, 1.82) is 0 Å². The Morgan fingerprint density at radius 2 is 2.21 bits per heavy atom. The molecular formula is C13H17F3N2O. The van der Waals surface area contributed by atoms with Gasteiger partial charge in [0.25, 0.3) is 0 Å². The molecule has 3 unspecified atom stereocenters. The highest BCUT2D eigenvalue weighted by Crippen LogP contribution is 2.38. The van der Waals surface area contributed by atoms with E-state index < -0.39 is 17.8 Å². The first kappa shape index (κ1) is 14.3. The van der Waals surface area contributed by atoms with Gasteiger partial charge in [0, 0.05) is 24.6 Å². The van der Waals surface area contributed by atoms with Crippen LogP contribution in [0.3, 0.4) is 0 Å². The summed E-state index contributed by atoms with van der Waals surface area (Å²) >= 11 is 0. The van der Waals surface area contributed by atoms with E-state index in [2.05, 4.69) is 10.3 Å². The minimum atomic E-state index is -4.38. The van der Waals surface area contributed by atoms with Crippen LogP contribution in [-0.4, -0.2) is 24.7 Å². The Balaban J connectivity index is 2.38. The van der Waals surface area contributed by atoms with Gasteiger partial charge in [0.05, 0.1) is 17.7 Å². The fraction of sp³-hybridized carbons (Fsp3) is 0.615. The van der Waals surface area contributed by atoms with Crippen LogP contribution in [-0.2, 0) is 10.9 Å². The second kappa shape index (κ2) is 5.46. The molecule has 0 aromatic carbocycles. The van der Waals surface area contributed by atoms with Gasteiger partial charge in [0.2, 0.25) is 0 Å². The van der Waals surface area contributed by atoms with Crippen LogP contribution in [0.1, 0.15) is 30.5 Å². The van der Waals surface area contributed by atoms with E-state index in [-0.39, 0.29) is 17.6 Å². The average Bonchev–Trinajstić information content (AvgIpc) is 2.76. The zero-order valence-corrected chi connectivity index (χ0v) is 10.9. The molecule has 2 rings (SSSR count). The number of aromatic nitrogens is 1. The summed E-state index contributed by atoms with van der Waals surface area (Å²) in [5.41, 5.74) is -0.499. The normalized spacial score (nSPS) is 25.5. The molecule has 0 saturated carbocycles. The lowest BCUT2D eigenvalue weighted by molar-refractivity contribution is -0.138. The summed E-state index contributed by atoms with van der Waals surface area (Å²) < 4.78 is 44.7. The third-order valence-corrected chi connectivity index (χ3v) is 3.58. The molecule has 1 saturated heterocycles. The SMILES string of the molecule is CNC(c1cnccc1C(F)(F)F)C1OCCC1C. The number of ether oxygens (including phenoxy) is 1. The number of nitrogens with zero attached hydrogens (tertiary/aromatic N) is 1. The molecule has 0 aliphatic carbocycles. The molecule has 19 heavy (non-hydrogen) atoms. The van der Waals surface area contributed by atoms with E-state index >= 15 is 0 Å². The molecule has 0 spiro atoms. The van der Waals surface area contributed by atoms with E-state index in [1.807, 2.05) is 6.92 Å². The summed E-state index contributed by atoms with van der Waals surface area (Å²) in [4.78, 5) is 3.83. The van der Waals surface area contributed by atoms with Crippen molar-refractivity contribution in [2.75, 3.05) is 13.7 Å². The highest BCUT2D eigenvalue weighted by molar-refractivity contribution is 5.30. The molecule has 6 heteroatoms. The molecule has 0 radical (unpaired) electrons. The lowest BCUT2D eigenvalue weighted by atomic mass is 9.91. The van der Waals surface area contributed by atoms with Crippen LogP contribution in [0, 0.1) is 5.92 Å². The Bertz CT molecular complexity index is 436. The van der Waals surface area contributed by atoms with Crippen molar-refractivity contribution < 1.29 is 17.9 Å². The molecule has 1 aromatic rings. The summed E-state index contributed by atoms with van der Waals surface area (Å²) in [7, 11) is 1.65. The van der Waals surface area contributed by atoms with Gasteiger partial charge < -0.3 is 10.1 Å². The largest absolute Gasteiger partial charge is 0.416 e. The lowest BCUT2D eigenvalue weighted by Crippen LogP contribution is -2.34. The third kappa shape index (κ3) is 2.90. The van der Waals surface area contributed by atoms with E-state index in [0.717, 1.165) is 18.7 Å². The van der Waals surface area contributed by atoms with Crippen molar-refractivity contribution in [3.05, 3.63) is 29.6 Å². The van der Waals surface area contributed by atoms with Crippen molar-refractivity contribution >= 4 is 0 Å². The number of alkyl halides is 3. The summed E-state index contributed by atoms with van der Waals surface area (Å²) in [5, 5.41) is 2.94. The lowest BCUT2D eigenvalue weighted by Gasteiger charge is -2.28. The van der Waals surface area contributed by atoms with Crippen molar-refractivity contribution in [3.8, 4) is 0 Å². The van der Waals surface area contributed by atoms with Crippen molar-refractivity contribution in [1.82, 2.24) is 10.3 Å². The van der Waals surface area contributed by atoms with Crippen LogP contribution in [0.15, 0.2) is 18.5 Å². The Morgan fingerprint density at radius 3 is 2.74 bits per heavy atom. The van der Waals surface area contributed by atoms with E-state index in [1.54, 1.807) is 7.05 Å². The topological polar surface area (TPSA) is 34.2 Å². The van der Waals surface area contributed by atoms with E-state index in [4.69, 9.17) is 4.74 Å². The first-order chi connectivity index (χ1) is 8.95. The average molecular weight is 274 g/mol. The monoisotopic (exact) mass is 274 g/mol. The zero-order chi connectivity index (χ0) is 14.0. The van der Waals surface area contributed by atoms with Crippen LogP contribution in [0.25, 0.3) is 0 Å². The van der Waals surface area contributed by atoms with Crippen molar-refractivity contribution in [2.24, 2.45) is 5.92 Å². The van der Waals surface area contributed by atoms with Gasteiger partial charge in [-0.15, -0.1) is 0 Å². The minimum absolute atomic E-state index is 0.149. The number of halogens is 3. The second-order valence-corrected chi connectivity index (χ2v) is 4.83. The van der Waals surface area contributed by atoms with Gasteiger partial charge in [0.15, 0.2) is 0 Å². The quantitative estimate of drug-likeness (QED) is 0.920. The number of pyridine rings is 1. The van der Waals surface area contributed by atoms with Gasteiger partial charge in [-0.3, -0.25) is 4.98 Å². The Hall–Kier alpha value is -1.14. The highest BCUT2D eigenvalue weighted by Gasteiger charge is 2.39. The van der Waals surface area contributed by atoms with Crippen molar-refractivity contribution in [3.63, 3.8) is 0 Å². The maximum absolute atomic E-state index is 13.0. The number of nitrogens with one attached hydrogen (secondary N) is 1. The van der Waals surface area contributed by atoms with Gasteiger partial charge in [0.1, 0.15) is 0 Å². The van der Waals surface area contributed by atoms with Crippen LogP contribution < -0.4 is 5.32 Å². The van der Waals surface area contributed by atoms with E-state index in [1.165, 1.54) is 6.20 Å². The summed E-state index contributed by atoms with van der Waals surface area (Å²) in [6, 6.07) is 0.516. The molecule has 1 fully saturated rings. The maximum atomic E-state index is 13.0. The van der Waals surface area contributed by atoms with Crippen LogP contribution >= 0.6 is 0 Å². The molecule has 1 aliphatic rings. The first-order valence-corrected chi connectivity index (χ1v) is 6.25. The summed E-state index contributed by atoms with van der Waals surface area (Å²) in [6.07, 6.45) is -1.33. The maximum Gasteiger partial charge on any atom is 0.416 e. The molecule has 3 atom stereocenters. The molecule has 2 heterocycles. The van der Waals surface area contributed by atoms with E-state index in [0.29, 0.717) is 6.61 Å². The smallest absolute Gasteiger partial charge is 0.376 e. The third-order valence-electron chi connectivity index (χ3n) is 3.58. The number of likely N-dealkylation sites (N-methyl/N-ethyl adjacent to an activating group) is 1. The minimum Gasteiger partial charge on any atom is -0.376 e. The first-order valence-electron chi connectivity index (χ1n) is 6.25. The molecule has 106 valence electrons. The molecule has 0 bridgehead atoms. The fourth-order valence-electron chi connectivity index (χ4n) is 2.55. The summed E-state index contributed by atoms with van der Waals surface area (Å²) in [5.74, 6) is 0.221. The molecular weight excluding hydrogens is 257 g/mol. The van der Waals surface area contributed by atoms with Crippen LogP contribution in [0.2, 0.25) is 0 Å². The second-order valence-electron chi connectivity index (χ2n) is 4.83. The predicted octanol–water partition coefficient (Wildman–Crippen LogP) is 2.79. The molecule has 1 aromatic heterocycles. The van der Waals surface area contributed by atoms with Gasteiger partial charge in [-0.25, -0.2) is 0 Å². The van der Waals surface area contributed by atoms with Gasteiger partial charge in [-0.05, 0) is 25.5 Å². The Morgan fingerprint density at radius 1 is 1.47 bits per heavy atom. The Kier molecular flexibility index (Phi) is 4.10. The van der Waals surface area contributed by atoms with Gasteiger partial charge in [-0.1, -0.05) is 6.92 Å². The fourth-order valence-corrected chi connectivity index (χ4v) is 2.55. The number of hydrogen-bond acceptors (Lipinski definition) is 3. The zero-order valence-electron chi connectivity index (χ0n) is 10.9. The van der Waals surface area contributed by atoms with E-state index in [9.17, 15) is 13.2 Å². The van der Waals surface area contributed by atoms with Gasteiger partial charge >= 0.3 is 6.18 Å². The Labute approximate surface area is 110 Å². The van der Waals surface area contributed by atoms with Crippen molar-refractivity contribution in [2.45, 2.75) is 31.7 Å². The van der Waals surface area contributed by atoms with Gasteiger partial charge in [-0.2, -0.15) is 13.2 Å². The van der Waals surface area contributed by atoms with Crippen LogP contribution in [0.5, 0.6) is 0 Å². The van der Waals surface area contributed by atoms with Crippen LogP contribution in [0.4, 0.5) is 13.2 Å². The highest BCUT2D eigenvalue weighted by atomic mass is 19.4. The summed E-state index contributed by atoms with van der Waals surface area (Å²) in [6.45, 7) is 2.58. The number of rotatable bonds is 3. The molecule has 1 N–H and O–H groups in total. The molecule has 3 nitrogen and oxygen atoms in total.